The van der Waals surface area contributed by atoms with Crippen LogP contribution >= 0.6 is 11.6 Å². The Hall–Kier alpha value is -1.36. The fourth-order valence-corrected chi connectivity index (χ4v) is 5.20. The molecule has 0 spiro atoms. The Morgan fingerprint density at radius 1 is 1.12 bits per heavy atom. The van der Waals surface area contributed by atoms with Gasteiger partial charge in [-0.05, 0) is 43.2 Å². The van der Waals surface area contributed by atoms with Crippen molar-refractivity contribution in [3.05, 3.63) is 59.7 Å². The second-order valence-electron chi connectivity index (χ2n) is 6.89. The molecule has 0 bridgehead atoms. The third-order valence-corrected chi connectivity index (χ3v) is 7.71. The minimum atomic E-state index is -1.25. The number of hydrogen-bond donors (Lipinski definition) is 0. The van der Waals surface area contributed by atoms with Gasteiger partial charge in [0.2, 0.25) is 0 Å². The monoisotopic (exact) mass is 378 g/mol. The van der Waals surface area contributed by atoms with Crippen molar-refractivity contribution in [1.82, 2.24) is 0 Å². The molecule has 0 radical (unpaired) electrons. The van der Waals surface area contributed by atoms with Gasteiger partial charge >= 0.3 is 0 Å². The zero-order chi connectivity index (χ0) is 18.1. The Labute approximate surface area is 156 Å². The maximum atomic E-state index is 12.9. The van der Waals surface area contributed by atoms with Gasteiger partial charge in [0.15, 0.2) is 0 Å². The normalized spacial score (nSPS) is 26.2. The van der Waals surface area contributed by atoms with Gasteiger partial charge in [-0.3, -0.25) is 4.21 Å². The molecular weight excluding hydrogens is 356 g/mol. The van der Waals surface area contributed by atoms with E-state index in [1.807, 2.05) is 62.4 Å². The second-order valence-corrected chi connectivity index (χ2v) is 9.46. The van der Waals surface area contributed by atoms with Crippen LogP contribution in [0.3, 0.4) is 0 Å². The molecule has 1 saturated carbocycles. The summed E-state index contributed by atoms with van der Waals surface area (Å²) in [6.45, 7) is 5.04. The van der Waals surface area contributed by atoms with E-state index in [4.69, 9.17) is 21.1 Å². The van der Waals surface area contributed by atoms with Gasteiger partial charge in [0, 0.05) is 10.3 Å². The molecule has 1 aliphatic rings. The standard InChI is InChI=1S/C20H23ClO3S/c1-15-4-10-18(11-5-15)25(22)20(21)13-19(20,2)14-24-12-16-6-8-17(23-3)9-7-16/h4-11H,12-14H2,1-3H3/t19-,20-,25?/m1/s1. The van der Waals surface area contributed by atoms with Crippen molar-refractivity contribution >= 4 is 22.4 Å². The van der Waals surface area contributed by atoms with Crippen LogP contribution in [-0.2, 0) is 22.1 Å². The first-order valence-electron chi connectivity index (χ1n) is 8.26. The zero-order valence-electron chi connectivity index (χ0n) is 14.8. The molecule has 0 amide bonds. The van der Waals surface area contributed by atoms with E-state index in [-0.39, 0.29) is 5.41 Å². The fraction of sp³-hybridized carbons (Fsp3) is 0.400. The van der Waals surface area contributed by atoms with Gasteiger partial charge in [0.1, 0.15) is 9.96 Å². The average Bonchev–Trinajstić information content (AvgIpc) is 3.18. The van der Waals surface area contributed by atoms with Crippen LogP contribution in [0.1, 0.15) is 24.5 Å². The van der Waals surface area contributed by atoms with Crippen LogP contribution in [-0.4, -0.2) is 22.1 Å². The van der Waals surface area contributed by atoms with Gasteiger partial charge < -0.3 is 9.47 Å². The van der Waals surface area contributed by atoms with Crippen LogP contribution in [0.4, 0.5) is 0 Å². The van der Waals surface area contributed by atoms with E-state index in [1.54, 1.807) is 7.11 Å². The van der Waals surface area contributed by atoms with Crippen molar-refractivity contribution in [1.29, 1.82) is 0 Å². The average molecular weight is 379 g/mol. The zero-order valence-corrected chi connectivity index (χ0v) is 16.3. The summed E-state index contributed by atoms with van der Waals surface area (Å²) in [5.41, 5.74) is 1.94. The fourth-order valence-electron chi connectivity index (χ4n) is 2.87. The summed E-state index contributed by atoms with van der Waals surface area (Å²) in [7, 11) is 0.396. The number of rotatable bonds is 7. The smallest absolute Gasteiger partial charge is 0.132 e. The lowest BCUT2D eigenvalue weighted by Crippen LogP contribution is -2.22. The topological polar surface area (TPSA) is 35.5 Å². The molecular formula is C20H23ClO3S. The van der Waals surface area contributed by atoms with E-state index in [1.165, 1.54) is 0 Å². The highest BCUT2D eigenvalue weighted by atomic mass is 35.5. The van der Waals surface area contributed by atoms with Gasteiger partial charge in [-0.25, -0.2) is 0 Å². The predicted molar refractivity (Wildman–Crippen MR) is 102 cm³/mol. The summed E-state index contributed by atoms with van der Waals surface area (Å²) in [6, 6.07) is 15.5. The quantitative estimate of drug-likeness (QED) is 0.656. The van der Waals surface area contributed by atoms with Gasteiger partial charge in [-0.2, -0.15) is 0 Å². The van der Waals surface area contributed by atoms with Gasteiger partial charge in [0.05, 0.1) is 31.1 Å². The lowest BCUT2D eigenvalue weighted by atomic mass is 10.1. The number of hydrogen-bond acceptors (Lipinski definition) is 3. The maximum absolute atomic E-state index is 12.9. The van der Waals surface area contributed by atoms with Gasteiger partial charge in [-0.1, -0.05) is 36.8 Å². The number of alkyl halides is 1. The van der Waals surface area contributed by atoms with Crippen LogP contribution in [0.5, 0.6) is 5.75 Å². The molecule has 1 aliphatic carbocycles. The number of ether oxygens (including phenoxy) is 2. The van der Waals surface area contributed by atoms with Crippen molar-refractivity contribution < 1.29 is 13.7 Å². The summed E-state index contributed by atoms with van der Waals surface area (Å²) >= 11 is 6.70. The first kappa shape index (κ1) is 18.4. The lowest BCUT2D eigenvalue weighted by molar-refractivity contribution is 0.0833. The molecule has 3 nitrogen and oxygen atoms in total. The molecule has 1 unspecified atom stereocenters. The molecule has 0 heterocycles. The molecule has 0 aromatic heterocycles. The van der Waals surface area contributed by atoms with Crippen molar-refractivity contribution in [3.63, 3.8) is 0 Å². The minimum Gasteiger partial charge on any atom is -0.497 e. The molecule has 0 aliphatic heterocycles. The Morgan fingerprint density at radius 2 is 1.76 bits per heavy atom. The van der Waals surface area contributed by atoms with Gasteiger partial charge in [0.25, 0.3) is 0 Å². The molecule has 1 fully saturated rings. The molecule has 2 aromatic carbocycles. The predicted octanol–water partition coefficient (Wildman–Crippen LogP) is 4.67. The van der Waals surface area contributed by atoms with Crippen LogP contribution in [0, 0.1) is 12.3 Å². The molecule has 134 valence electrons. The largest absolute Gasteiger partial charge is 0.497 e. The third kappa shape index (κ3) is 3.76. The summed E-state index contributed by atoms with van der Waals surface area (Å²) in [4.78, 5) is 0.777. The second kappa shape index (κ2) is 7.10. The Balaban J connectivity index is 1.57. The minimum absolute atomic E-state index is 0.281. The van der Waals surface area contributed by atoms with Gasteiger partial charge in [-0.15, -0.1) is 11.6 Å². The summed E-state index contributed by atoms with van der Waals surface area (Å²) in [6.07, 6.45) is 0.685. The van der Waals surface area contributed by atoms with Crippen LogP contribution < -0.4 is 4.74 Å². The van der Waals surface area contributed by atoms with Crippen LogP contribution in [0.25, 0.3) is 0 Å². The molecule has 5 heteroatoms. The number of methoxy groups -OCH3 is 1. The molecule has 2 aromatic rings. The van der Waals surface area contributed by atoms with Crippen molar-refractivity contribution in [2.45, 2.75) is 36.0 Å². The summed E-state index contributed by atoms with van der Waals surface area (Å²) in [5, 5.41) is 0. The van der Waals surface area contributed by atoms with E-state index in [9.17, 15) is 4.21 Å². The maximum Gasteiger partial charge on any atom is 0.132 e. The molecule has 3 rings (SSSR count). The summed E-state index contributed by atoms with van der Waals surface area (Å²) < 4.78 is 23.1. The van der Waals surface area contributed by atoms with E-state index in [2.05, 4.69) is 0 Å². The van der Waals surface area contributed by atoms with E-state index in [0.717, 1.165) is 21.8 Å². The Bertz CT molecular complexity index is 760. The van der Waals surface area contributed by atoms with E-state index < -0.39 is 15.0 Å². The highest BCUT2D eigenvalue weighted by Gasteiger charge is 2.68. The van der Waals surface area contributed by atoms with Crippen LogP contribution in [0.2, 0.25) is 0 Å². The number of benzene rings is 2. The van der Waals surface area contributed by atoms with E-state index in [0.29, 0.717) is 19.6 Å². The Kier molecular flexibility index (Phi) is 5.24. The van der Waals surface area contributed by atoms with E-state index >= 15 is 0 Å². The van der Waals surface area contributed by atoms with Crippen molar-refractivity contribution in [3.8, 4) is 5.75 Å². The van der Waals surface area contributed by atoms with Crippen molar-refractivity contribution in [2.75, 3.05) is 13.7 Å². The number of halogens is 1. The molecule has 3 atom stereocenters. The summed E-state index contributed by atoms with van der Waals surface area (Å²) in [5.74, 6) is 0.825. The van der Waals surface area contributed by atoms with Crippen LogP contribution in [0.15, 0.2) is 53.4 Å². The Morgan fingerprint density at radius 3 is 2.36 bits per heavy atom. The first-order chi connectivity index (χ1) is 11.9. The number of aryl methyl sites for hydroxylation is 1. The molecule has 0 N–H and O–H groups in total. The molecule has 0 saturated heterocycles. The van der Waals surface area contributed by atoms with Crippen molar-refractivity contribution in [2.24, 2.45) is 5.41 Å². The lowest BCUT2D eigenvalue weighted by Gasteiger charge is -2.17. The first-order valence-corrected chi connectivity index (χ1v) is 9.79. The molecule has 25 heavy (non-hydrogen) atoms. The SMILES string of the molecule is COc1ccc(COC[C@@]2(C)C[C@@]2(Cl)S(=O)c2ccc(C)cc2)cc1. The highest BCUT2D eigenvalue weighted by molar-refractivity contribution is 7.88. The highest BCUT2D eigenvalue weighted by Crippen LogP contribution is 2.64. The third-order valence-electron chi connectivity index (χ3n) is 4.77.